The number of rotatable bonds is 9. The Morgan fingerprint density at radius 3 is 2.20 bits per heavy atom. The highest BCUT2D eigenvalue weighted by atomic mass is 16.7. The fourth-order valence-electron chi connectivity index (χ4n) is 11.8. The van der Waals surface area contributed by atoms with Crippen molar-refractivity contribution in [1.82, 2.24) is 14.7 Å². The van der Waals surface area contributed by atoms with Gasteiger partial charge in [0.2, 0.25) is 18.6 Å². The first kappa shape index (κ1) is 44.8. The number of cyclic esters (lactones) is 1. The van der Waals surface area contributed by atoms with Crippen molar-refractivity contribution in [2.45, 2.75) is 80.3 Å². The van der Waals surface area contributed by atoms with Crippen LogP contribution in [-0.4, -0.2) is 101 Å². The van der Waals surface area contributed by atoms with E-state index in [1.54, 1.807) is 12.1 Å². The van der Waals surface area contributed by atoms with Crippen LogP contribution >= 0.6 is 0 Å². The lowest BCUT2D eigenvalue weighted by Gasteiger charge is -2.46. The van der Waals surface area contributed by atoms with Crippen LogP contribution in [0.1, 0.15) is 90.1 Å². The second kappa shape index (κ2) is 18.7. The van der Waals surface area contributed by atoms with E-state index in [0.717, 1.165) is 48.1 Å². The number of anilines is 1. The summed E-state index contributed by atoms with van der Waals surface area (Å²) in [4.78, 5) is 53.5. The van der Waals surface area contributed by atoms with E-state index >= 15 is 14.4 Å². The van der Waals surface area contributed by atoms with Gasteiger partial charge in [-0.2, -0.15) is 0 Å². The number of hydrogen-bond acceptors (Lipinski definition) is 11. The molecule has 69 heavy (non-hydrogen) atoms. The second-order valence-corrected chi connectivity index (χ2v) is 19.1. The number of carbonyl (C=O) groups excluding carboxylic acids is 3. The summed E-state index contributed by atoms with van der Waals surface area (Å²) in [5.41, 5.74) is 2.23. The van der Waals surface area contributed by atoms with E-state index in [4.69, 9.17) is 18.9 Å². The van der Waals surface area contributed by atoms with Gasteiger partial charge in [0.15, 0.2) is 11.5 Å². The van der Waals surface area contributed by atoms with Gasteiger partial charge in [-0.05, 0) is 96.0 Å². The maximum atomic E-state index is 16.1. The number of piperazine rings is 1. The Morgan fingerprint density at radius 2 is 1.48 bits per heavy atom. The number of morpholine rings is 1. The molecule has 3 N–H and O–H groups in total. The van der Waals surface area contributed by atoms with Gasteiger partial charge in [-0.25, -0.2) is 0 Å². The van der Waals surface area contributed by atoms with E-state index < -0.39 is 53.0 Å². The summed E-state index contributed by atoms with van der Waals surface area (Å²) in [6.07, 6.45) is 4.23. The largest absolute Gasteiger partial charge is 0.491 e. The minimum Gasteiger partial charge on any atom is -0.491 e. The molecule has 11 rings (SSSR count). The normalized spacial score (nSPS) is 26.0. The number of nitrogens with zero attached hydrogens (tertiary/aromatic N) is 3. The van der Waals surface area contributed by atoms with Crippen LogP contribution in [0.3, 0.4) is 0 Å². The minimum atomic E-state index is -1.69. The van der Waals surface area contributed by atoms with Crippen molar-refractivity contribution in [3.63, 3.8) is 0 Å². The number of fused-ring (bicyclic) bond motifs is 4. The lowest BCUT2D eigenvalue weighted by atomic mass is 9.65. The van der Waals surface area contributed by atoms with Crippen molar-refractivity contribution in [1.29, 1.82) is 0 Å². The first-order valence-electron chi connectivity index (χ1n) is 24.3. The number of ether oxygens (including phenoxy) is 4. The number of carbonyl (C=O) groups is 3. The zero-order chi connectivity index (χ0) is 47.1. The summed E-state index contributed by atoms with van der Waals surface area (Å²) in [6, 6.07) is 35.7. The lowest BCUT2D eigenvalue weighted by Crippen LogP contribution is -2.58. The van der Waals surface area contributed by atoms with Crippen LogP contribution in [0.2, 0.25) is 0 Å². The van der Waals surface area contributed by atoms with E-state index in [1.807, 2.05) is 114 Å². The van der Waals surface area contributed by atoms with Crippen molar-refractivity contribution in [2.24, 2.45) is 5.92 Å². The van der Waals surface area contributed by atoms with E-state index in [2.05, 4.69) is 27.0 Å². The van der Waals surface area contributed by atoms with Gasteiger partial charge in [0.1, 0.15) is 35.5 Å². The number of esters is 1. The highest BCUT2D eigenvalue weighted by Crippen LogP contribution is 2.65. The number of aliphatic hydroxyl groups is 2. The quantitative estimate of drug-likeness (QED) is 0.0811. The number of hydrogen-bond donors (Lipinski definition) is 3. The molecule has 0 bridgehead atoms. The van der Waals surface area contributed by atoms with Gasteiger partial charge >= 0.3 is 5.97 Å². The van der Waals surface area contributed by atoms with Gasteiger partial charge in [0.25, 0.3) is 0 Å². The first-order chi connectivity index (χ1) is 33.7. The van der Waals surface area contributed by atoms with E-state index in [9.17, 15) is 10.2 Å². The van der Waals surface area contributed by atoms with Gasteiger partial charge in [0, 0.05) is 44.0 Å². The summed E-state index contributed by atoms with van der Waals surface area (Å²) in [7, 11) is 0. The average Bonchev–Trinajstić information content (AvgIpc) is 4.01. The van der Waals surface area contributed by atoms with Gasteiger partial charge < -0.3 is 39.4 Å². The predicted molar refractivity (Wildman–Crippen MR) is 256 cm³/mol. The number of amides is 2. The molecule has 5 aromatic rings. The number of nitrogens with one attached hydrogen (secondary N) is 1. The van der Waals surface area contributed by atoms with Crippen molar-refractivity contribution < 1.29 is 43.5 Å². The molecule has 4 fully saturated rings. The third-order valence-electron chi connectivity index (χ3n) is 15.0. The molecule has 13 heteroatoms. The SMILES string of the molecule is O=C1O[C@@H](c2ccccc2)[C@@H](c2ccccc2)N2[C@@H](c3ccc(OCCO)cc3)[C@]3(C(=O)Nc4ccc(C#CC5(O)CCCCCC5)cc43)[C@@H](C(=O)N3CCN(Cc4ccc5c(c4)OCO5)CC3)[C@H]12. The Kier molecular flexibility index (Phi) is 12.1. The monoisotopic (exact) mass is 928 g/mol. The number of aliphatic hydroxyl groups excluding tert-OH is 1. The number of benzene rings is 5. The zero-order valence-electron chi connectivity index (χ0n) is 38.4. The van der Waals surface area contributed by atoms with Gasteiger partial charge in [0.05, 0.1) is 24.6 Å². The fraction of sp³-hybridized carbons (Fsp3) is 0.375. The maximum absolute atomic E-state index is 16.1. The van der Waals surface area contributed by atoms with Gasteiger partial charge in [-0.15, -0.1) is 0 Å². The lowest BCUT2D eigenvalue weighted by molar-refractivity contribution is -0.179. The molecular formula is C56H56N4O9. The summed E-state index contributed by atoms with van der Waals surface area (Å²) < 4.78 is 23.7. The molecule has 5 heterocycles. The first-order valence-corrected chi connectivity index (χ1v) is 24.3. The topological polar surface area (TPSA) is 150 Å². The molecule has 2 amide bonds. The summed E-state index contributed by atoms with van der Waals surface area (Å²) >= 11 is 0. The second-order valence-electron chi connectivity index (χ2n) is 19.1. The molecule has 1 saturated carbocycles. The van der Waals surface area contributed by atoms with Crippen molar-refractivity contribution >= 4 is 23.5 Å². The smallest absolute Gasteiger partial charge is 0.324 e. The zero-order valence-corrected chi connectivity index (χ0v) is 38.4. The Labute approximate surface area is 401 Å². The van der Waals surface area contributed by atoms with Crippen LogP contribution in [-0.2, 0) is 31.1 Å². The molecule has 6 aliphatic rings. The molecule has 1 aliphatic carbocycles. The molecule has 0 unspecified atom stereocenters. The van der Waals surface area contributed by atoms with Crippen molar-refractivity contribution in [3.05, 3.63) is 155 Å². The third kappa shape index (κ3) is 8.19. The van der Waals surface area contributed by atoms with Gasteiger partial charge in [-0.1, -0.05) is 104 Å². The molecule has 13 nitrogen and oxygen atoms in total. The minimum absolute atomic E-state index is 0.0941. The van der Waals surface area contributed by atoms with Crippen LogP contribution in [0, 0.1) is 17.8 Å². The van der Waals surface area contributed by atoms with Crippen LogP contribution in [0.15, 0.2) is 121 Å². The molecular weight excluding hydrogens is 873 g/mol. The molecule has 0 radical (unpaired) electrons. The fourth-order valence-corrected chi connectivity index (χ4v) is 11.8. The molecule has 5 aliphatic heterocycles. The summed E-state index contributed by atoms with van der Waals surface area (Å²) in [6.45, 7) is 2.62. The van der Waals surface area contributed by atoms with Gasteiger partial charge in [-0.3, -0.25) is 24.2 Å². The van der Waals surface area contributed by atoms with Crippen LogP contribution in [0.4, 0.5) is 5.69 Å². The van der Waals surface area contributed by atoms with Crippen molar-refractivity contribution in [3.8, 4) is 29.1 Å². The van der Waals surface area contributed by atoms with Crippen LogP contribution in [0.5, 0.6) is 17.2 Å². The highest BCUT2D eigenvalue weighted by molar-refractivity contribution is 6.12. The van der Waals surface area contributed by atoms with E-state index in [1.165, 1.54) is 0 Å². The Hall–Kier alpha value is -6.69. The summed E-state index contributed by atoms with van der Waals surface area (Å²) in [5, 5.41) is 24.5. The van der Waals surface area contributed by atoms with Crippen molar-refractivity contribution in [2.75, 3.05) is 51.5 Å². The van der Waals surface area contributed by atoms with Crippen LogP contribution in [0.25, 0.3) is 0 Å². The Balaban J connectivity index is 1.07. The maximum Gasteiger partial charge on any atom is 0.324 e. The standard InChI is InChI=1S/C56H56N4O9/c61-31-32-66-42-19-17-41(18-20-42)51-56(43-33-37(15-21-44(43)57-54(56)64)23-26-55(65)24-9-1-2-10-25-55)47(52(62)59-29-27-58(28-30-59)35-38-16-22-45-46(34-38)68-36-67-45)49-53(63)69-50(40-13-7-4-8-14-40)48(60(49)51)39-11-5-3-6-12-39/h3-8,11-22,33-34,47-51,61,65H,1-2,9-10,24-25,27-32,35-36H2,(H,57,64)/t47-,48-,49-,50+,51+,56-/m1/s1. The summed E-state index contributed by atoms with van der Waals surface area (Å²) in [5.74, 6) is 5.92. The molecule has 354 valence electrons. The molecule has 3 saturated heterocycles. The molecule has 0 aromatic heterocycles. The molecule has 1 spiro atoms. The Bertz CT molecular complexity index is 2780. The average molecular weight is 929 g/mol. The van der Waals surface area contributed by atoms with Crippen LogP contribution < -0.4 is 19.5 Å². The third-order valence-corrected chi connectivity index (χ3v) is 15.0. The molecule has 6 atom stereocenters. The predicted octanol–water partition coefficient (Wildman–Crippen LogP) is 6.84. The highest BCUT2D eigenvalue weighted by Gasteiger charge is 2.74. The van der Waals surface area contributed by atoms with E-state index in [-0.39, 0.29) is 25.9 Å². The Morgan fingerprint density at radius 1 is 0.768 bits per heavy atom. The molecule has 5 aromatic carbocycles. The van der Waals surface area contributed by atoms with E-state index in [0.29, 0.717) is 79.4 Å².